The molecule has 4 aromatic rings. The maximum atomic E-state index is 12.8. The van der Waals surface area contributed by atoms with Gasteiger partial charge >= 0.3 is 0 Å². The van der Waals surface area contributed by atoms with E-state index in [2.05, 4.69) is 9.97 Å². The number of aromatic nitrogens is 2. The number of thiophene rings is 1. The van der Waals surface area contributed by atoms with Crippen molar-refractivity contribution in [3.8, 4) is 22.5 Å². The van der Waals surface area contributed by atoms with Crippen molar-refractivity contribution < 1.29 is 4.74 Å². The van der Waals surface area contributed by atoms with E-state index in [1.807, 2.05) is 60.8 Å². The minimum atomic E-state index is -0.162. The molecule has 0 radical (unpaired) electrons. The Balaban J connectivity index is 1.75. The molecule has 0 bridgehead atoms. The first-order valence-electron chi connectivity index (χ1n) is 8.61. The van der Waals surface area contributed by atoms with Crippen LogP contribution in [-0.4, -0.2) is 16.6 Å². The third-order valence-corrected chi connectivity index (χ3v) is 5.51. The van der Waals surface area contributed by atoms with Crippen molar-refractivity contribution in [2.24, 2.45) is 0 Å². The van der Waals surface area contributed by atoms with Crippen LogP contribution in [0.2, 0.25) is 5.02 Å². The van der Waals surface area contributed by atoms with E-state index in [4.69, 9.17) is 16.3 Å². The Kier molecular flexibility index (Phi) is 5.07. The fraction of sp³-hybridized carbons (Fsp3) is 0.143. The molecule has 0 aliphatic heterocycles. The fourth-order valence-corrected chi connectivity index (χ4v) is 4.12. The molecular weight excluding hydrogens is 380 g/mol. The monoisotopic (exact) mass is 396 g/mol. The van der Waals surface area contributed by atoms with Gasteiger partial charge in [0.25, 0.3) is 5.56 Å². The molecule has 0 unspecified atom stereocenters. The predicted octanol–water partition coefficient (Wildman–Crippen LogP) is 5.51. The summed E-state index contributed by atoms with van der Waals surface area (Å²) in [7, 11) is 0. The minimum Gasteiger partial charge on any atom is -0.377 e. The van der Waals surface area contributed by atoms with Gasteiger partial charge in [0, 0.05) is 33.7 Å². The van der Waals surface area contributed by atoms with Crippen LogP contribution in [0, 0.1) is 0 Å². The van der Waals surface area contributed by atoms with Crippen molar-refractivity contribution in [2.45, 2.75) is 13.5 Å². The highest BCUT2D eigenvalue weighted by Crippen LogP contribution is 2.35. The van der Waals surface area contributed by atoms with E-state index in [0.29, 0.717) is 34.3 Å². The van der Waals surface area contributed by atoms with Crippen LogP contribution in [0.3, 0.4) is 0 Å². The topological polar surface area (TPSA) is 55.0 Å². The number of hydrogen-bond acceptors (Lipinski definition) is 4. The van der Waals surface area contributed by atoms with Crippen LogP contribution in [0.15, 0.2) is 58.7 Å². The Bertz CT molecular complexity index is 1150. The number of halogens is 1. The molecule has 27 heavy (non-hydrogen) atoms. The van der Waals surface area contributed by atoms with Gasteiger partial charge in [-0.05, 0) is 18.6 Å². The normalized spacial score (nSPS) is 11.2. The third kappa shape index (κ3) is 3.54. The summed E-state index contributed by atoms with van der Waals surface area (Å²) in [6.45, 7) is 3.22. The van der Waals surface area contributed by atoms with Crippen molar-refractivity contribution in [1.29, 1.82) is 0 Å². The van der Waals surface area contributed by atoms with Crippen LogP contribution in [0.4, 0.5) is 0 Å². The van der Waals surface area contributed by atoms with Gasteiger partial charge < -0.3 is 9.72 Å². The molecule has 0 aliphatic rings. The molecule has 4 nitrogen and oxygen atoms in total. The third-order valence-electron chi connectivity index (χ3n) is 4.31. The SMILES string of the molecule is CCOCc1ccc(-c2nc3scc(-c4ccccc4Cl)c3c(=O)[nH]2)cc1. The standard InChI is InChI=1S/C21H17ClN2O2S/c1-2-26-11-13-7-9-14(10-8-13)19-23-20(25)18-16(12-27-21(18)24-19)15-5-3-4-6-17(15)22/h3-10,12H,2,11H2,1H3,(H,23,24,25). The summed E-state index contributed by atoms with van der Waals surface area (Å²) in [5.41, 5.74) is 3.44. The molecule has 0 atom stereocenters. The second-order valence-corrected chi connectivity index (χ2v) is 7.32. The Morgan fingerprint density at radius 3 is 2.63 bits per heavy atom. The van der Waals surface area contributed by atoms with Crippen molar-refractivity contribution in [3.05, 3.63) is 74.9 Å². The number of aromatic amines is 1. The first-order chi connectivity index (χ1) is 13.2. The van der Waals surface area contributed by atoms with Crippen LogP contribution in [-0.2, 0) is 11.3 Å². The Labute approximate surface area is 165 Å². The van der Waals surface area contributed by atoms with Gasteiger partial charge in [-0.15, -0.1) is 11.3 Å². The zero-order valence-corrected chi connectivity index (χ0v) is 16.2. The van der Waals surface area contributed by atoms with Crippen LogP contribution in [0.25, 0.3) is 32.7 Å². The molecule has 0 saturated heterocycles. The fourth-order valence-electron chi connectivity index (χ4n) is 2.94. The van der Waals surface area contributed by atoms with Gasteiger partial charge in [0.1, 0.15) is 10.7 Å². The molecule has 0 amide bonds. The lowest BCUT2D eigenvalue weighted by Crippen LogP contribution is -2.09. The Hall–Kier alpha value is -2.47. The highest BCUT2D eigenvalue weighted by molar-refractivity contribution is 7.17. The number of rotatable bonds is 5. The van der Waals surface area contributed by atoms with Gasteiger partial charge in [0.05, 0.1) is 12.0 Å². The smallest absolute Gasteiger partial charge is 0.260 e. The molecule has 1 N–H and O–H groups in total. The summed E-state index contributed by atoms with van der Waals surface area (Å²) in [5.74, 6) is 0.558. The first kappa shape index (κ1) is 17.9. The number of fused-ring (bicyclic) bond motifs is 1. The van der Waals surface area contributed by atoms with Gasteiger partial charge in [-0.3, -0.25) is 4.79 Å². The number of H-pyrrole nitrogens is 1. The molecule has 136 valence electrons. The molecule has 2 heterocycles. The lowest BCUT2D eigenvalue weighted by atomic mass is 10.1. The largest absolute Gasteiger partial charge is 0.377 e. The van der Waals surface area contributed by atoms with E-state index < -0.39 is 0 Å². The molecule has 6 heteroatoms. The zero-order chi connectivity index (χ0) is 18.8. The average Bonchev–Trinajstić information content (AvgIpc) is 3.11. The second kappa shape index (κ2) is 7.64. The van der Waals surface area contributed by atoms with Crippen LogP contribution < -0.4 is 5.56 Å². The lowest BCUT2D eigenvalue weighted by molar-refractivity contribution is 0.134. The van der Waals surface area contributed by atoms with Crippen LogP contribution in [0.5, 0.6) is 0 Å². The van der Waals surface area contributed by atoms with Gasteiger partial charge in [-0.2, -0.15) is 0 Å². The van der Waals surface area contributed by atoms with Crippen LogP contribution in [0.1, 0.15) is 12.5 Å². The van der Waals surface area contributed by atoms with E-state index in [1.54, 1.807) is 0 Å². The maximum absolute atomic E-state index is 12.8. The van der Waals surface area contributed by atoms with Gasteiger partial charge in [0.15, 0.2) is 0 Å². The maximum Gasteiger partial charge on any atom is 0.260 e. The summed E-state index contributed by atoms with van der Waals surface area (Å²) < 4.78 is 5.41. The summed E-state index contributed by atoms with van der Waals surface area (Å²) in [4.78, 5) is 21.1. The summed E-state index contributed by atoms with van der Waals surface area (Å²) >= 11 is 7.75. The molecular formula is C21H17ClN2O2S. The minimum absolute atomic E-state index is 0.162. The number of ether oxygens (including phenoxy) is 1. The van der Waals surface area contributed by atoms with Crippen molar-refractivity contribution in [3.63, 3.8) is 0 Å². The van der Waals surface area contributed by atoms with Gasteiger partial charge in [-0.1, -0.05) is 54.1 Å². The highest BCUT2D eigenvalue weighted by Gasteiger charge is 2.15. The first-order valence-corrected chi connectivity index (χ1v) is 9.86. The number of hydrogen-bond donors (Lipinski definition) is 1. The highest BCUT2D eigenvalue weighted by atomic mass is 35.5. The van der Waals surface area contributed by atoms with Crippen molar-refractivity contribution in [2.75, 3.05) is 6.61 Å². The summed E-state index contributed by atoms with van der Waals surface area (Å²) in [5, 5.41) is 3.12. The summed E-state index contributed by atoms with van der Waals surface area (Å²) in [6.07, 6.45) is 0. The van der Waals surface area contributed by atoms with Crippen molar-refractivity contribution in [1.82, 2.24) is 9.97 Å². The van der Waals surface area contributed by atoms with E-state index in [1.165, 1.54) is 11.3 Å². The predicted molar refractivity (Wildman–Crippen MR) is 111 cm³/mol. The van der Waals surface area contributed by atoms with E-state index in [0.717, 1.165) is 22.3 Å². The molecule has 2 aromatic carbocycles. The number of benzene rings is 2. The summed E-state index contributed by atoms with van der Waals surface area (Å²) in [6, 6.07) is 15.4. The number of nitrogens with one attached hydrogen (secondary N) is 1. The Morgan fingerprint density at radius 1 is 1.11 bits per heavy atom. The molecule has 0 fully saturated rings. The molecule has 0 spiro atoms. The van der Waals surface area contributed by atoms with Gasteiger partial charge in [0.2, 0.25) is 0 Å². The quantitative estimate of drug-likeness (QED) is 0.484. The van der Waals surface area contributed by atoms with Crippen molar-refractivity contribution >= 4 is 33.2 Å². The molecule has 0 aliphatic carbocycles. The van der Waals surface area contributed by atoms with Gasteiger partial charge in [-0.25, -0.2) is 4.98 Å². The second-order valence-electron chi connectivity index (χ2n) is 6.06. The number of nitrogens with zero attached hydrogens (tertiary/aromatic N) is 1. The van der Waals surface area contributed by atoms with E-state index in [-0.39, 0.29) is 5.56 Å². The lowest BCUT2D eigenvalue weighted by Gasteiger charge is -2.05. The zero-order valence-electron chi connectivity index (χ0n) is 14.7. The van der Waals surface area contributed by atoms with E-state index >= 15 is 0 Å². The van der Waals surface area contributed by atoms with E-state index in [9.17, 15) is 4.79 Å². The molecule has 2 aromatic heterocycles. The average molecular weight is 397 g/mol. The molecule has 0 saturated carbocycles. The molecule has 4 rings (SSSR count). The Morgan fingerprint density at radius 2 is 1.89 bits per heavy atom. The van der Waals surface area contributed by atoms with Crippen LogP contribution >= 0.6 is 22.9 Å².